The van der Waals surface area contributed by atoms with E-state index in [-0.39, 0.29) is 11.9 Å². The van der Waals surface area contributed by atoms with E-state index in [9.17, 15) is 4.79 Å². The van der Waals surface area contributed by atoms with E-state index in [2.05, 4.69) is 26.5 Å². The van der Waals surface area contributed by atoms with E-state index < -0.39 is 0 Å². The number of aromatic nitrogens is 4. The molecule has 2 aliphatic heterocycles. The van der Waals surface area contributed by atoms with Crippen molar-refractivity contribution in [3.8, 4) is 0 Å². The number of likely N-dealkylation sites (tertiary alicyclic amines) is 1. The topological polar surface area (TPSA) is 90.0 Å². The minimum Gasteiger partial charge on any atom is -0.341 e. The molecule has 31 heavy (non-hydrogen) atoms. The maximum atomic E-state index is 13.1. The van der Waals surface area contributed by atoms with Gasteiger partial charge in [-0.05, 0) is 57.8 Å². The normalized spacial score (nSPS) is 23.3. The van der Waals surface area contributed by atoms with Crippen LogP contribution in [0.5, 0.6) is 0 Å². The zero-order chi connectivity index (χ0) is 20.8. The van der Waals surface area contributed by atoms with Crippen molar-refractivity contribution in [3.05, 3.63) is 23.0 Å². The number of aryl methyl sites for hydroxylation is 1. The van der Waals surface area contributed by atoms with Crippen LogP contribution >= 0.6 is 0 Å². The Labute approximate surface area is 182 Å². The molecule has 8 heteroatoms. The standard InChI is InChI=1S/C23H31N7O/c31-22(29-11-1-2-12-29)19-10-5-13-30(19)23-24-17-9-4-8-16(17)21(26-23)25-20-14-18(27-28-20)15-6-3-7-15/h14-15,19H,1-13H2,(H2,24,25,26,27,28)/t19-/m0/s1. The van der Waals surface area contributed by atoms with E-state index in [0.29, 0.717) is 11.9 Å². The summed E-state index contributed by atoms with van der Waals surface area (Å²) in [5.41, 5.74) is 3.55. The van der Waals surface area contributed by atoms with Gasteiger partial charge in [0.2, 0.25) is 11.9 Å². The van der Waals surface area contributed by atoms with Crippen LogP contribution < -0.4 is 10.2 Å². The summed E-state index contributed by atoms with van der Waals surface area (Å²) < 4.78 is 0. The average molecular weight is 422 g/mol. The number of hydrogen-bond donors (Lipinski definition) is 2. The van der Waals surface area contributed by atoms with E-state index in [1.807, 2.05) is 4.90 Å². The molecule has 6 rings (SSSR count). The Balaban J connectivity index is 1.28. The first kappa shape index (κ1) is 19.1. The van der Waals surface area contributed by atoms with Gasteiger partial charge < -0.3 is 15.1 Å². The summed E-state index contributed by atoms with van der Waals surface area (Å²) in [7, 11) is 0. The van der Waals surface area contributed by atoms with Crippen LogP contribution in [0.4, 0.5) is 17.6 Å². The lowest BCUT2D eigenvalue weighted by atomic mass is 9.83. The van der Waals surface area contributed by atoms with E-state index in [1.54, 1.807) is 0 Å². The number of fused-ring (bicyclic) bond motifs is 1. The first-order valence-electron chi connectivity index (χ1n) is 12.0. The molecule has 2 aromatic heterocycles. The maximum Gasteiger partial charge on any atom is 0.245 e. The van der Waals surface area contributed by atoms with E-state index >= 15 is 0 Å². The quantitative estimate of drug-likeness (QED) is 0.770. The number of nitrogens with one attached hydrogen (secondary N) is 2. The molecule has 0 aromatic carbocycles. The molecule has 0 bridgehead atoms. The van der Waals surface area contributed by atoms with Gasteiger partial charge in [-0.2, -0.15) is 10.1 Å². The molecule has 1 amide bonds. The van der Waals surface area contributed by atoms with E-state index in [0.717, 1.165) is 81.9 Å². The van der Waals surface area contributed by atoms with Crippen molar-refractivity contribution >= 4 is 23.5 Å². The summed E-state index contributed by atoms with van der Waals surface area (Å²) in [6.07, 6.45) is 11.0. The van der Waals surface area contributed by atoms with Gasteiger partial charge in [0.05, 0.1) is 5.69 Å². The van der Waals surface area contributed by atoms with Crippen LogP contribution in [-0.2, 0) is 17.6 Å². The molecule has 8 nitrogen and oxygen atoms in total. The fourth-order valence-corrected chi connectivity index (χ4v) is 5.51. The fourth-order valence-electron chi connectivity index (χ4n) is 5.51. The lowest BCUT2D eigenvalue weighted by molar-refractivity contribution is -0.131. The molecule has 0 spiro atoms. The summed E-state index contributed by atoms with van der Waals surface area (Å²) in [6.45, 7) is 2.63. The second kappa shape index (κ2) is 7.80. The smallest absolute Gasteiger partial charge is 0.245 e. The average Bonchev–Trinajstić information content (AvgIpc) is 3.52. The van der Waals surface area contributed by atoms with Gasteiger partial charge in [-0.3, -0.25) is 9.89 Å². The van der Waals surface area contributed by atoms with Gasteiger partial charge in [0.15, 0.2) is 5.82 Å². The molecular formula is C23H31N7O. The minimum atomic E-state index is -0.124. The highest BCUT2D eigenvalue weighted by Gasteiger charge is 2.37. The second-order valence-electron chi connectivity index (χ2n) is 9.50. The van der Waals surface area contributed by atoms with Crippen molar-refractivity contribution in [1.29, 1.82) is 0 Å². The van der Waals surface area contributed by atoms with Gasteiger partial charge in [-0.25, -0.2) is 4.98 Å². The van der Waals surface area contributed by atoms with Gasteiger partial charge in [0.1, 0.15) is 11.9 Å². The monoisotopic (exact) mass is 421 g/mol. The predicted molar refractivity (Wildman–Crippen MR) is 119 cm³/mol. The second-order valence-corrected chi connectivity index (χ2v) is 9.50. The van der Waals surface area contributed by atoms with Crippen molar-refractivity contribution in [2.75, 3.05) is 29.9 Å². The van der Waals surface area contributed by atoms with Crippen LogP contribution in [0.2, 0.25) is 0 Å². The van der Waals surface area contributed by atoms with Crippen molar-refractivity contribution in [2.45, 2.75) is 76.2 Å². The lowest BCUT2D eigenvalue weighted by Gasteiger charge is -2.28. The third kappa shape index (κ3) is 3.46. The summed E-state index contributed by atoms with van der Waals surface area (Å²) in [4.78, 5) is 27.2. The number of H-pyrrole nitrogens is 1. The number of aromatic amines is 1. The number of rotatable bonds is 5. The Morgan fingerprint density at radius 3 is 2.68 bits per heavy atom. The summed E-state index contributed by atoms with van der Waals surface area (Å²) >= 11 is 0. The zero-order valence-corrected chi connectivity index (χ0v) is 18.1. The number of hydrogen-bond acceptors (Lipinski definition) is 6. The fraction of sp³-hybridized carbons (Fsp3) is 0.652. The Hall–Kier alpha value is -2.64. The number of amides is 1. The van der Waals surface area contributed by atoms with Crippen LogP contribution in [0, 0.1) is 0 Å². The molecule has 2 aromatic rings. The van der Waals surface area contributed by atoms with Crippen molar-refractivity contribution < 1.29 is 4.79 Å². The molecule has 0 radical (unpaired) electrons. The zero-order valence-electron chi connectivity index (χ0n) is 18.1. The van der Waals surface area contributed by atoms with Crippen molar-refractivity contribution in [3.63, 3.8) is 0 Å². The van der Waals surface area contributed by atoms with Gasteiger partial charge in [-0.15, -0.1) is 0 Å². The Morgan fingerprint density at radius 1 is 1.00 bits per heavy atom. The third-order valence-corrected chi connectivity index (χ3v) is 7.52. The molecule has 0 unspecified atom stereocenters. The molecule has 164 valence electrons. The van der Waals surface area contributed by atoms with E-state index in [1.165, 1.54) is 30.5 Å². The third-order valence-electron chi connectivity index (χ3n) is 7.52. The largest absolute Gasteiger partial charge is 0.341 e. The number of carbonyl (C=O) groups is 1. The Morgan fingerprint density at radius 2 is 1.87 bits per heavy atom. The van der Waals surface area contributed by atoms with Crippen LogP contribution in [0.15, 0.2) is 6.07 Å². The van der Waals surface area contributed by atoms with Crippen LogP contribution in [0.25, 0.3) is 0 Å². The van der Waals surface area contributed by atoms with E-state index in [4.69, 9.17) is 9.97 Å². The van der Waals surface area contributed by atoms with Gasteiger partial charge in [-0.1, -0.05) is 6.42 Å². The van der Waals surface area contributed by atoms with Crippen LogP contribution in [0.1, 0.15) is 74.2 Å². The molecule has 3 fully saturated rings. The molecule has 2 aliphatic carbocycles. The van der Waals surface area contributed by atoms with Gasteiger partial charge in [0, 0.05) is 42.9 Å². The SMILES string of the molecule is O=C([C@@H]1CCCN1c1nc2c(c(Nc3cc(C4CCC4)[nH]n3)n1)CCC2)N1CCCC1. The predicted octanol–water partition coefficient (Wildman–Crippen LogP) is 3.29. The van der Waals surface area contributed by atoms with Gasteiger partial charge >= 0.3 is 0 Å². The maximum absolute atomic E-state index is 13.1. The first-order chi connectivity index (χ1) is 15.3. The highest BCUT2D eigenvalue weighted by molar-refractivity contribution is 5.85. The minimum absolute atomic E-state index is 0.124. The van der Waals surface area contributed by atoms with Crippen LogP contribution in [-0.4, -0.2) is 56.6 Å². The Bertz CT molecular complexity index is 976. The van der Waals surface area contributed by atoms with Crippen LogP contribution in [0.3, 0.4) is 0 Å². The molecule has 4 aliphatic rings. The first-order valence-corrected chi connectivity index (χ1v) is 12.0. The molecule has 2 saturated heterocycles. The van der Waals surface area contributed by atoms with Crippen molar-refractivity contribution in [2.24, 2.45) is 0 Å². The number of nitrogens with zero attached hydrogens (tertiary/aromatic N) is 5. The summed E-state index contributed by atoms with van der Waals surface area (Å²) in [6, 6.07) is 2.00. The Kier molecular flexibility index (Phi) is 4.80. The highest BCUT2D eigenvalue weighted by Crippen LogP contribution is 2.37. The molecule has 1 atom stereocenters. The summed E-state index contributed by atoms with van der Waals surface area (Å²) in [5, 5.41) is 11.2. The van der Waals surface area contributed by atoms with Gasteiger partial charge in [0.25, 0.3) is 0 Å². The molecular weight excluding hydrogens is 390 g/mol. The van der Waals surface area contributed by atoms with Crippen molar-refractivity contribution in [1.82, 2.24) is 25.1 Å². The summed E-state index contributed by atoms with van der Waals surface area (Å²) in [5.74, 6) is 3.27. The highest BCUT2D eigenvalue weighted by atomic mass is 16.2. The molecule has 4 heterocycles. The molecule has 2 N–H and O–H groups in total. The molecule has 1 saturated carbocycles. The lowest BCUT2D eigenvalue weighted by Crippen LogP contribution is -2.45. The number of anilines is 3. The number of carbonyl (C=O) groups excluding carboxylic acids is 1.